The fourth-order valence-corrected chi connectivity index (χ4v) is 2.81. The molecule has 1 atom stereocenters. The Hall–Kier alpha value is -1.80. The van der Waals surface area contributed by atoms with E-state index in [2.05, 4.69) is 47.5 Å². The predicted molar refractivity (Wildman–Crippen MR) is 79.2 cm³/mol. The van der Waals surface area contributed by atoms with Gasteiger partial charge in [-0.05, 0) is 17.7 Å². The van der Waals surface area contributed by atoms with Gasteiger partial charge >= 0.3 is 0 Å². The molecule has 18 heavy (non-hydrogen) atoms. The third-order valence-corrected chi connectivity index (χ3v) is 3.93. The van der Waals surface area contributed by atoms with E-state index in [1.165, 1.54) is 16.0 Å². The zero-order valence-electron chi connectivity index (χ0n) is 9.86. The molecule has 1 aliphatic heterocycles. The maximum atomic E-state index is 4.54. The van der Waals surface area contributed by atoms with Crippen LogP contribution in [0.5, 0.6) is 0 Å². The molecule has 0 N–H and O–H groups in total. The molecule has 0 aromatic heterocycles. The molecule has 0 bridgehead atoms. The highest BCUT2D eigenvalue weighted by Gasteiger charge is 2.11. The molecular weight excluding hydrogens is 238 g/mol. The van der Waals surface area contributed by atoms with Gasteiger partial charge in [-0.1, -0.05) is 66.4 Å². The number of rotatable bonds is 2. The molecule has 1 aliphatic rings. The summed E-state index contributed by atoms with van der Waals surface area (Å²) >= 11 is 1.79. The van der Waals surface area contributed by atoms with Crippen LogP contribution in [0, 0.1) is 0 Å². The third kappa shape index (κ3) is 2.54. The Bertz CT molecular complexity index is 587. The van der Waals surface area contributed by atoms with Gasteiger partial charge in [0, 0.05) is 16.7 Å². The minimum Gasteiger partial charge on any atom is -0.274 e. The van der Waals surface area contributed by atoms with E-state index in [-0.39, 0.29) is 5.37 Å². The van der Waals surface area contributed by atoms with Crippen molar-refractivity contribution >= 4 is 24.1 Å². The quantitative estimate of drug-likeness (QED) is 0.777. The summed E-state index contributed by atoms with van der Waals surface area (Å²) in [5, 5.41) is 0.181. The van der Waals surface area contributed by atoms with Gasteiger partial charge in [0.05, 0.1) is 0 Å². The molecule has 0 saturated heterocycles. The number of hydrogen-bond donors (Lipinski definition) is 0. The summed E-state index contributed by atoms with van der Waals surface area (Å²) in [7, 11) is 0. The highest BCUT2D eigenvalue weighted by Crippen LogP contribution is 2.31. The van der Waals surface area contributed by atoms with Gasteiger partial charge in [-0.3, -0.25) is 4.99 Å². The maximum absolute atomic E-state index is 4.54. The Morgan fingerprint density at radius 2 is 1.72 bits per heavy atom. The van der Waals surface area contributed by atoms with Crippen LogP contribution < -0.4 is 0 Å². The van der Waals surface area contributed by atoms with Gasteiger partial charge in [-0.2, -0.15) is 0 Å². The van der Waals surface area contributed by atoms with Crippen molar-refractivity contribution in [3.05, 3.63) is 71.8 Å². The molecule has 2 heteroatoms. The lowest BCUT2D eigenvalue weighted by atomic mass is 10.2. The molecule has 1 heterocycles. The van der Waals surface area contributed by atoms with Gasteiger partial charge in [0.25, 0.3) is 0 Å². The summed E-state index contributed by atoms with van der Waals surface area (Å²) in [5.74, 6) is 0. The predicted octanol–water partition coefficient (Wildman–Crippen LogP) is 4.25. The normalized spacial score (nSPS) is 17.9. The molecule has 0 spiro atoms. The Balaban J connectivity index is 1.76. The number of nitrogens with zero attached hydrogens (tertiary/aromatic N) is 1. The number of fused-ring (bicyclic) bond motifs is 1. The van der Waals surface area contributed by atoms with E-state index in [0.29, 0.717) is 0 Å². The van der Waals surface area contributed by atoms with Gasteiger partial charge in [0.2, 0.25) is 0 Å². The highest BCUT2D eigenvalue weighted by molar-refractivity contribution is 8.00. The van der Waals surface area contributed by atoms with Gasteiger partial charge in [-0.15, -0.1) is 0 Å². The molecule has 0 aliphatic carbocycles. The van der Waals surface area contributed by atoms with Crippen molar-refractivity contribution in [3.8, 4) is 0 Å². The summed E-state index contributed by atoms with van der Waals surface area (Å²) in [6, 6.07) is 18.7. The van der Waals surface area contributed by atoms with Crippen molar-refractivity contribution < 1.29 is 0 Å². The molecular formula is C16H13NS. The van der Waals surface area contributed by atoms with Crippen molar-refractivity contribution in [2.45, 2.75) is 10.3 Å². The lowest BCUT2D eigenvalue weighted by molar-refractivity contribution is 1.15. The van der Waals surface area contributed by atoms with Crippen LogP contribution in [0.25, 0.3) is 6.08 Å². The van der Waals surface area contributed by atoms with Crippen molar-refractivity contribution in [1.82, 2.24) is 0 Å². The van der Waals surface area contributed by atoms with E-state index < -0.39 is 0 Å². The largest absolute Gasteiger partial charge is 0.274 e. The Labute approximate surface area is 111 Å². The second-order valence-electron chi connectivity index (χ2n) is 4.09. The molecule has 1 unspecified atom stereocenters. The first-order valence-electron chi connectivity index (χ1n) is 5.94. The first-order chi connectivity index (χ1) is 8.92. The summed E-state index contributed by atoms with van der Waals surface area (Å²) in [6.07, 6.45) is 6.24. The number of benzene rings is 2. The molecule has 0 fully saturated rings. The van der Waals surface area contributed by atoms with Crippen molar-refractivity contribution in [2.75, 3.05) is 0 Å². The van der Waals surface area contributed by atoms with E-state index in [0.717, 1.165) is 0 Å². The summed E-state index contributed by atoms with van der Waals surface area (Å²) in [4.78, 5) is 5.84. The minimum atomic E-state index is 0.181. The van der Waals surface area contributed by atoms with Gasteiger partial charge in [0.1, 0.15) is 5.37 Å². The van der Waals surface area contributed by atoms with Crippen molar-refractivity contribution in [2.24, 2.45) is 4.99 Å². The Kier molecular flexibility index (Phi) is 3.29. The van der Waals surface area contributed by atoms with Crippen LogP contribution in [0.4, 0.5) is 0 Å². The average Bonchev–Trinajstić information content (AvgIpc) is 2.46. The van der Waals surface area contributed by atoms with Crippen LogP contribution in [-0.2, 0) is 0 Å². The van der Waals surface area contributed by atoms with Crippen LogP contribution in [0.3, 0.4) is 0 Å². The fraction of sp³-hybridized carbons (Fsp3) is 0.0625. The summed E-state index contributed by atoms with van der Waals surface area (Å²) < 4.78 is 0. The van der Waals surface area contributed by atoms with Crippen LogP contribution in [-0.4, -0.2) is 11.6 Å². The molecule has 0 saturated carbocycles. The summed E-state index contributed by atoms with van der Waals surface area (Å²) in [5.41, 5.74) is 2.43. The molecule has 0 amide bonds. The number of aliphatic imine (C=N–C) groups is 1. The molecule has 88 valence electrons. The zero-order valence-corrected chi connectivity index (χ0v) is 10.7. The average molecular weight is 251 g/mol. The maximum Gasteiger partial charge on any atom is 0.118 e. The zero-order chi connectivity index (χ0) is 12.2. The van der Waals surface area contributed by atoms with Crippen molar-refractivity contribution in [1.29, 1.82) is 0 Å². The van der Waals surface area contributed by atoms with E-state index in [1.807, 2.05) is 30.5 Å². The highest BCUT2D eigenvalue weighted by atomic mass is 32.2. The van der Waals surface area contributed by atoms with Gasteiger partial charge in [0.15, 0.2) is 0 Å². The topological polar surface area (TPSA) is 12.4 Å². The number of thioether (sulfide) groups is 1. The lowest BCUT2D eigenvalue weighted by Gasteiger charge is -2.14. The monoisotopic (exact) mass is 251 g/mol. The molecule has 2 aromatic rings. The minimum absolute atomic E-state index is 0.181. The lowest BCUT2D eigenvalue weighted by Crippen LogP contribution is -2.02. The SMILES string of the molecule is C1=NC(/C=C/c2ccccc2)Sc2ccccc21. The first kappa shape index (κ1) is 11.3. The second-order valence-corrected chi connectivity index (χ2v) is 5.25. The second kappa shape index (κ2) is 5.23. The van der Waals surface area contributed by atoms with E-state index in [1.54, 1.807) is 11.8 Å². The molecule has 3 rings (SSSR count). The Morgan fingerprint density at radius 3 is 2.61 bits per heavy atom. The van der Waals surface area contributed by atoms with E-state index in [4.69, 9.17) is 0 Å². The number of hydrogen-bond acceptors (Lipinski definition) is 2. The van der Waals surface area contributed by atoms with E-state index in [9.17, 15) is 0 Å². The van der Waals surface area contributed by atoms with Crippen molar-refractivity contribution in [3.63, 3.8) is 0 Å². The molecule has 1 nitrogen and oxygen atoms in total. The first-order valence-corrected chi connectivity index (χ1v) is 6.82. The van der Waals surface area contributed by atoms with Crippen LogP contribution >= 0.6 is 11.8 Å². The van der Waals surface area contributed by atoms with Crippen LogP contribution in [0.1, 0.15) is 11.1 Å². The third-order valence-electron chi connectivity index (χ3n) is 2.78. The fourth-order valence-electron chi connectivity index (χ4n) is 1.86. The summed E-state index contributed by atoms with van der Waals surface area (Å²) in [6.45, 7) is 0. The van der Waals surface area contributed by atoms with Crippen LogP contribution in [0.2, 0.25) is 0 Å². The van der Waals surface area contributed by atoms with E-state index >= 15 is 0 Å². The molecule has 2 aromatic carbocycles. The van der Waals surface area contributed by atoms with Gasteiger partial charge < -0.3 is 0 Å². The molecule has 0 radical (unpaired) electrons. The standard InChI is InChI=1S/C16H13NS/c1-2-6-13(7-3-1)10-11-16-17-12-14-8-4-5-9-15(14)18-16/h1-12,16H/b11-10+. The van der Waals surface area contributed by atoms with Gasteiger partial charge in [-0.25, -0.2) is 0 Å². The van der Waals surface area contributed by atoms with Crippen LogP contribution in [0.15, 0.2) is 70.6 Å². The Morgan fingerprint density at radius 1 is 0.944 bits per heavy atom. The smallest absolute Gasteiger partial charge is 0.118 e.